The number of benzene rings is 11. The third-order valence-electron chi connectivity index (χ3n) is 14.1. The Morgan fingerprint density at radius 3 is 1.64 bits per heavy atom. The van der Waals surface area contributed by atoms with E-state index in [-0.39, 0.29) is 0 Å². The number of anilines is 3. The van der Waals surface area contributed by atoms with E-state index in [1.54, 1.807) is 0 Å². The fraction of sp³-hybridized carbons (Fsp3) is 0.0154. The lowest BCUT2D eigenvalue weighted by Gasteiger charge is -2.35. The third kappa shape index (κ3) is 6.11. The monoisotopic (exact) mass is 852 g/mol. The second-order valence-electron chi connectivity index (χ2n) is 17.6. The molecule has 314 valence electrons. The zero-order valence-electron chi connectivity index (χ0n) is 36.8. The van der Waals surface area contributed by atoms with Crippen LogP contribution in [0.3, 0.4) is 0 Å². The van der Waals surface area contributed by atoms with Crippen LogP contribution < -0.4 is 4.90 Å². The van der Waals surface area contributed by atoms with Crippen LogP contribution in [-0.2, 0) is 5.41 Å². The van der Waals surface area contributed by atoms with Gasteiger partial charge >= 0.3 is 0 Å². The first-order valence-corrected chi connectivity index (χ1v) is 23.2. The van der Waals surface area contributed by atoms with Gasteiger partial charge in [0.15, 0.2) is 0 Å². The number of fused-ring (bicyclic) bond motifs is 8. The molecule has 0 radical (unpaired) electrons. The highest BCUT2D eigenvalue weighted by Crippen LogP contribution is 2.57. The second kappa shape index (κ2) is 15.8. The number of aromatic nitrogens is 1. The van der Waals surface area contributed by atoms with Crippen LogP contribution >= 0.6 is 0 Å². The molecule has 1 aliphatic carbocycles. The first kappa shape index (κ1) is 38.7. The molecule has 0 spiro atoms. The van der Waals surface area contributed by atoms with Crippen molar-refractivity contribution in [2.45, 2.75) is 5.41 Å². The molecule has 11 aromatic carbocycles. The van der Waals surface area contributed by atoms with Gasteiger partial charge in [-0.1, -0.05) is 218 Å². The van der Waals surface area contributed by atoms with E-state index in [4.69, 9.17) is 0 Å². The van der Waals surface area contributed by atoms with Gasteiger partial charge in [-0.25, -0.2) is 0 Å². The van der Waals surface area contributed by atoms with Gasteiger partial charge in [-0.3, -0.25) is 0 Å². The van der Waals surface area contributed by atoms with Gasteiger partial charge in [-0.2, -0.15) is 0 Å². The summed E-state index contributed by atoms with van der Waals surface area (Å²) < 4.78 is 2.45. The predicted octanol–water partition coefficient (Wildman–Crippen LogP) is 17.1. The zero-order chi connectivity index (χ0) is 44.3. The van der Waals surface area contributed by atoms with Crippen molar-refractivity contribution in [2.24, 2.45) is 0 Å². The van der Waals surface area contributed by atoms with Gasteiger partial charge in [0.25, 0.3) is 0 Å². The van der Waals surface area contributed by atoms with Crippen molar-refractivity contribution in [2.75, 3.05) is 4.90 Å². The molecular formula is C65H44N2. The molecule has 2 heteroatoms. The fourth-order valence-electron chi connectivity index (χ4n) is 11.1. The van der Waals surface area contributed by atoms with Crippen LogP contribution in [0.4, 0.5) is 17.1 Å². The summed E-state index contributed by atoms with van der Waals surface area (Å²) in [6, 6.07) is 98.1. The topological polar surface area (TPSA) is 8.17 Å². The van der Waals surface area contributed by atoms with E-state index in [0.29, 0.717) is 0 Å². The van der Waals surface area contributed by atoms with Crippen molar-refractivity contribution >= 4 is 49.6 Å². The highest BCUT2D eigenvalue weighted by molar-refractivity contribution is 6.19. The zero-order valence-corrected chi connectivity index (χ0v) is 36.8. The molecule has 0 aliphatic heterocycles. The number of rotatable bonds is 8. The maximum atomic E-state index is 2.46. The van der Waals surface area contributed by atoms with Crippen LogP contribution in [0.15, 0.2) is 267 Å². The van der Waals surface area contributed by atoms with E-state index in [1.165, 1.54) is 82.6 Å². The summed E-state index contributed by atoms with van der Waals surface area (Å²) in [4.78, 5) is 2.46. The highest BCUT2D eigenvalue weighted by Gasteiger charge is 2.46. The number of nitrogens with zero attached hydrogens (tertiary/aromatic N) is 2. The molecule has 0 saturated carbocycles. The average Bonchev–Trinajstić information content (AvgIpc) is 3.90. The Bertz CT molecular complexity index is 3740. The summed E-state index contributed by atoms with van der Waals surface area (Å²) in [5.41, 5.74) is 18.6. The van der Waals surface area contributed by atoms with Crippen LogP contribution in [0.5, 0.6) is 0 Å². The lowest BCUT2D eigenvalue weighted by atomic mass is 9.67. The normalized spacial score (nSPS) is 12.6. The standard InChI is InChI=1S/C65H44N2/c1-5-19-46(20-6-1)54-28-16-18-32-62(54)66(53-39-42-57-56-30-15-17-31-60(56)65(61(57)44-53,49-22-7-2-8-23-49)50-24-9-3-10-25-50)52-37-33-45(34-38-52)48-36-40-58-59-41-35-47-21-13-14-29-55(47)64(59)67(63(58)43-48)51-26-11-4-12-27-51/h1-44H. The maximum absolute atomic E-state index is 2.46. The van der Waals surface area contributed by atoms with E-state index >= 15 is 0 Å². The fourth-order valence-corrected chi connectivity index (χ4v) is 11.1. The summed E-state index contributed by atoms with van der Waals surface area (Å²) in [5.74, 6) is 0. The maximum Gasteiger partial charge on any atom is 0.0714 e. The number of para-hydroxylation sites is 2. The molecular weight excluding hydrogens is 809 g/mol. The van der Waals surface area contributed by atoms with Gasteiger partial charge in [0.1, 0.15) is 0 Å². The van der Waals surface area contributed by atoms with Crippen molar-refractivity contribution in [1.82, 2.24) is 4.57 Å². The first-order valence-electron chi connectivity index (χ1n) is 23.2. The van der Waals surface area contributed by atoms with E-state index in [9.17, 15) is 0 Å². The van der Waals surface area contributed by atoms with E-state index < -0.39 is 5.41 Å². The van der Waals surface area contributed by atoms with Crippen molar-refractivity contribution in [3.05, 3.63) is 289 Å². The van der Waals surface area contributed by atoms with Crippen molar-refractivity contribution < 1.29 is 0 Å². The molecule has 67 heavy (non-hydrogen) atoms. The average molecular weight is 853 g/mol. The van der Waals surface area contributed by atoms with Crippen LogP contribution in [0.1, 0.15) is 22.3 Å². The summed E-state index contributed by atoms with van der Waals surface area (Å²) in [7, 11) is 0. The molecule has 1 heterocycles. The van der Waals surface area contributed by atoms with Gasteiger partial charge in [-0.15, -0.1) is 0 Å². The van der Waals surface area contributed by atoms with Crippen LogP contribution in [-0.4, -0.2) is 4.57 Å². The Labute approximate surface area is 390 Å². The van der Waals surface area contributed by atoms with Gasteiger partial charge in [-0.05, 0) is 104 Å². The largest absolute Gasteiger partial charge is 0.310 e. The molecule has 1 aromatic heterocycles. The minimum absolute atomic E-state index is 0.522. The Morgan fingerprint density at radius 1 is 0.328 bits per heavy atom. The molecule has 1 aliphatic rings. The van der Waals surface area contributed by atoms with Crippen molar-refractivity contribution in [3.8, 4) is 39.1 Å². The molecule has 0 saturated heterocycles. The molecule has 0 atom stereocenters. The van der Waals surface area contributed by atoms with Crippen molar-refractivity contribution in [3.63, 3.8) is 0 Å². The lowest BCUT2D eigenvalue weighted by Crippen LogP contribution is -2.28. The third-order valence-corrected chi connectivity index (χ3v) is 14.1. The number of hydrogen-bond donors (Lipinski definition) is 0. The van der Waals surface area contributed by atoms with Crippen LogP contribution in [0, 0.1) is 0 Å². The quantitative estimate of drug-likeness (QED) is 0.148. The van der Waals surface area contributed by atoms with Gasteiger partial charge in [0.05, 0.1) is 22.1 Å². The molecule has 2 nitrogen and oxygen atoms in total. The Kier molecular flexibility index (Phi) is 9.11. The molecule has 0 N–H and O–H groups in total. The minimum atomic E-state index is -0.522. The molecule has 13 rings (SSSR count). The SMILES string of the molecule is c1ccc(-c2ccccc2N(c2ccc(-c3ccc4c5ccc6ccccc6c5n(-c5ccccc5)c4c3)cc2)c2ccc3c(c2)C(c2ccccc2)(c2ccccc2)c2ccccc2-3)cc1. The smallest absolute Gasteiger partial charge is 0.0714 e. The second-order valence-corrected chi connectivity index (χ2v) is 17.6. The Hall–Kier alpha value is -8.72. The first-order chi connectivity index (χ1) is 33.3. The van der Waals surface area contributed by atoms with Crippen LogP contribution in [0.25, 0.3) is 71.6 Å². The highest BCUT2D eigenvalue weighted by atomic mass is 15.1. The van der Waals surface area contributed by atoms with E-state index in [2.05, 4.69) is 276 Å². The summed E-state index contributed by atoms with van der Waals surface area (Å²) in [6.45, 7) is 0. The predicted molar refractivity (Wildman–Crippen MR) is 281 cm³/mol. The molecule has 0 bridgehead atoms. The summed E-state index contributed by atoms with van der Waals surface area (Å²) in [5, 5.41) is 4.99. The molecule has 0 unspecified atom stereocenters. The molecule has 0 fully saturated rings. The molecule has 12 aromatic rings. The Balaban J connectivity index is 1.00. The van der Waals surface area contributed by atoms with Gasteiger partial charge in [0, 0.05) is 38.8 Å². The summed E-state index contributed by atoms with van der Waals surface area (Å²) in [6.07, 6.45) is 0. The summed E-state index contributed by atoms with van der Waals surface area (Å²) >= 11 is 0. The van der Waals surface area contributed by atoms with Crippen molar-refractivity contribution in [1.29, 1.82) is 0 Å². The minimum Gasteiger partial charge on any atom is -0.310 e. The lowest BCUT2D eigenvalue weighted by molar-refractivity contribution is 0.768. The van der Waals surface area contributed by atoms with Gasteiger partial charge in [0.2, 0.25) is 0 Å². The van der Waals surface area contributed by atoms with E-state index in [1.807, 2.05) is 0 Å². The Morgan fingerprint density at radius 2 is 0.896 bits per heavy atom. The van der Waals surface area contributed by atoms with Crippen LogP contribution in [0.2, 0.25) is 0 Å². The van der Waals surface area contributed by atoms with E-state index in [0.717, 1.165) is 28.3 Å². The van der Waals surface area contributed by atoms with Gasteiger partial charge < -0.3 is 9.47 Å². The number of hydrogen-bond acceptors (Lipinski definition) is 1. The molecule has 0 amide bonds.